The Morgan fingerprint density at radius 3 is 1.36 bits per heavy atom. The number of carbonyl (C=O) groups excluding carboxylic acids is 2. The van der Waals surface area contributed by atoms with E-state index in [0.29, 0.717) is 6.42 Å². The number of carbonyl (C=O) groups is 2. The fourth-order valence-corrected chi connectivity index (χ4v) is 7.37. The molecular formula is C46H88NO8P. The smallest absolute Gasteiger partial charge is 0.462 e. The van der Waals surface area contributed by atoms with Crippen molar-refractivity contribution in [1.29, 1.82) is 0 Å². The number of phosphoric ester groups is 1. The van der Waals surface area contributed by atoms with Crippen LogP contribution in [0.1, 0.15) is 226 Å². The Balaban J connectivity index is 4.08. The molecule has 0 aromatic rings. The molecule has 0 aromatic heterocycles. The van der Waals surface area contributed by atoms with E-state index in [4.69, 9.17) is 24.3 Å². The summed E-state index contributed by atoms with van der Waals surface area (Å²) in [6.07, 6.45) is 46.3. The van der Waals surface area contributed by atoms with Crippen LogP contribution >= 0.6 is 7.82 Å². The van der Waals surface area contributed by atoms with Crippen molar-refractivity contribution >= 4 is 19.8 Å². The van der Waals surface area contributed by atoms with E-state index in [0.717, 1.165) is 51.4 Å². The van der Waals surface area contributed by atoms with Gasteiger partial charge in [0.05, 0.1) is 13.2 Å². The predicted octanol–water partition coefficient (Wildman–Crippen LogP) is 13.6. The molecule has 3 N–H and O–H groups in total. The second-order valence-electron chi connectivity index (χ2n) is 15.6. The number of rotatable bonds is 44. The summed E-state index contributed by atoms with van der Waals surface area (Å²) in [5.41, 5.74) is 5.35. The molecule has 0 heterocycles. The van der Waals surface area contributed by atoms with Crippen LogP contribution < -0.4 is 5.73 Å². The first-order valence-electron chi connectivity index (χ1n) is 23.3. The van der Waals surface area contributed by atoms with Crippen molar-refractivity contribution in [1.82, 2.24) is 0 Å². The van der Waals surface area contributed by atoms with E-state index in [9.17, 15) is 19.0 Å². The number of hydrogen-bond donors (Lipinski definition) is 2. The first kappa shape index (κ1) is 54.5. The van der Waals surface area contributed by atoms with Gasteiger partial charge in [-0.15, -0.1) is 0 Å². The molecule has 2 atom stereocenters. The van der Waals surface area contributed by atoms with Crippen LogP contribution in [0.25, 0.3) is 0 Å². The van der Waals surface area contributed by atoms with Gasteiger partial charge in [0.2, 0.25) is 0 Å². The highest BCUT2D eigenvalue weighted by Crippen LogP contribution is 2.43. The maximum absolute atomic E-state index is 12.6. The van der Waals surface area contributed by atoms with Crippen molar-refractivity contribution in [3.8, 4) is 0 Å². The van der Waals surface area contributed by atoms with Crippen molar-refractivity contribution < 1.29 is 37.6 Å². The molecule has 0 radical (unpaired) electrons. The van der Waals surface area contributed by atoms with Crippen LogP contribution in [0, 0.1) is 0 Å². The van der Waals surface area contributed by atoms with Crippen LogP contribution in [0.4, 0.5) is 0 Å². The Morgan fingerprint density at radius 1 is 0.536 bits per heavy atom. The van der Waals surface area contributed by atoms with E-state index < -0.39 is 26.5 Å². The minimum Gasteiger partial charge on any atom is -0.462 e. The van der Waals surface area contributed by atoms with Crippen LogP contribution in [-0.4, -0.2) is 49.3 Å². The van der Waals surface area contributed by atoms with E-state index in [1.165, 1.54) is 141 Å². The Kier molecular flexibility index (Phi) is 41.9. The number of hydrogen-bond acceptors (Lipinski definition) is 8. The lowest BCUT2D eigenvalue weighted by atomic mass is 10.0. The minimum atomic E-state index is -4.38. The molecule has 0 amide bonds. The fraction of sp³-hybridized carbons (Fsp3) is 0.870. The molecule has 2 unspecified atom stereocenters. The maximum Gasteiger partial charge on any atom is 0.472 e. The highest BCUT2D eigenvalue weighted by atomic mass is 31.2. The maximum atomic E-state index is 12.6. The Labute approximate surface area is 344 Å². The number of unbranched alkanes of at least 4 members (excludes halogenated alkanes) is 27. The minimum absolute atomic E-state index is 0.0544. The lowest BCUT2D eigenvalue weighted by Gasteiger charge is -2.19. The number of phosphoric acid groups is 1. The summed E-state index contributed by atoms with van der Waals surface area (Å²) in [7, 11) is -4.38. The molecule has 0 aromatic carbocycles. The fourth-order valence-electron chi connectivity index (χ4n) is 6.61. The first-order valence-corrected chi connectivity index (χ1v) is 24.8. The molecule has 56 heavy (non-hydrogen) atoms. The topological polar surface area (TPSA) is 134 Å². The molecule has 0 aliphatic carbocycles. The van der Waals surface area contributed by atoms with Crippen molar-refractivity contribution in [2.75, 3.05) is 26.4 Å². The average Bonchev–Trinajstić information content (AvgIpc) is 3.18. The molecule has 0 saturated carbocycles. The average molecular weight is 814 g/mol. The van der Waals surface area contributed by atoms with Gasteiger partial charge < -0.3 is 20.1 Å². The summed E-state index contributed by atoms with van der Waals surface area (Å²) >= 11 is 0. The monoisotopic (exact) mass is 814 g/mol. The summed E-state index contributed by atoms with van der Waals surface area (Å²) in [5, 5.41) is 0. The van der Waals surface area contributed by atoms with Crippen molar-refractivity contribution in [3.63, 3.8) is 0 Å². The van der Waals surface area contributed by atoms with Gasteiger partial charge in [-0.25, -0.2) is 4.57 Å². The van der Waals surface area contributed by atoms with Gasteiger partial charge in [-0.1, -0.05) is 192 Å². The third-order valence-corrected chi connectivity index (χ3v) is 11.1. The third kappa shape index (κ3) is 42.1. The largest absolute Gasteiger partial charge is 0.472 e. The number of nitrogens with two attached hydrogens (primary N) is 1. The van der Waals surface area contributed by atoms with Crippen molar-refractivity contribution in [3.05, 3.63) is 24.3 Å². The Hall–Kier alpha value is -1.51. The SMILES string of the molecule is CCCCCCC/C=C\C/C=C\CCCCCCCCCCCC(=O)OC(COC(=O)CCCCCCCCCCCCCCCC)COP(=O)(O)OCCN. The van der Waals surface area contributed by atoms with Gasteiger partial charge in [-0.05, 0) is 44.9 Å². The van der Waals surface area contributed by atoms with Gasteiger partial charge in [-0.3, -0.25) is 18.6 Å². The molecule has 0 spiro atoms. The van der Waals surface area contributed by atoms with E-state index in [1.54, 1.807) is 0 Å². The summed E-state index contributed by atoms with van der Waals surface area (Å²) < 4.78 is 32.8. The molecule has 0 saturated heterocycles. The summed E-state index contributed by atoms with van der Waals surface area (Å²) in [5.74, 6) is -0.824. The number of allylic oxidation sites excluding steroid dienone is 4. The molecule has 0 aliphatic heterocycles. The molecule has 0 aliphatic rings. The van der Waals surface area contributed by atoms with E-state index in [-0.39, 0.29) is 38.6 Å². The summed E-state index contributed by atoms with van der Waals surface area (Å²) in [6, 6.07) is 0. The first-order chi connectivity index (χ1) is 27.3. The van der Waals surface area contributed by atoms with E-state index >= 15 is 0 Å². The molecule has 0 fully saturated rings. The standard InChI is InChI=1S/C46H88NO8P/c1-3-5-7-9-11-13-15-17-19-20-21-22-23-24-25-27-29-31-33-35-37-39-46(49)55-44(43-54-56(50,51)53-41-40-47)42-52-45(48)38-36-34-32-30-28-26-18-16-14-12-10-8-6-4-2/h15,17,20-21,44H,3-14,16,18-19,22-43,47H2,1-2H3,(H,50,51)/b17-15-,21-20-. The predicted molar refractivity (Wildman–Crippen MR) is 234 cm³/mol. The van der Waals surface area contributed by atoms with Crippen LogP contribution in [0.15, 0.2) is 24.3 Å². The van der Waals surface area contributed by atoms with Gasteiger partial charge >= 0.3 is 19.8 Å². The lowest BCUT2D eigenvalue weighted by molar-refractivity contribution is -0.161. The highest BCUT2D eigenvalue weighted by Gasteiger charge is 2.26. The zero-order valence-electron chi connectivity index (χ0n) is 36.4. The Bertz CT molecular complexity index is 975. The van der Waals surface area contributed by atoms with Gasteiger partial charge in [0.15, 0.2) is 6.10 Å². The van der Waals surface area contributed by atoms with Gasteiger partial charge in [-0.2, -0.15) is 0 Å². The van der Waals surface area contributed by atoms with Crippen LogP contribution in [-0.2, 0) is 32.7 Å². The van der Waals surface area contributed by atoms with Crippen LogP contribution in [0.5, 0.6) is 0 Å². The molecule has 10 heteroatoms. The van der Waals surface area contributed by atoms with E-state index in [1.807, 2.05) is 0 Å². The van der Waals surface area contributed by atoms with Gasteiger partial charge in [0.25, 0.3) is 0 Å². The number of ether oxygens (including phenoxy) is 2. The normalized spacial score (nSPS) is 13.4. The number of esters is 2. The Morgan fingerprint density at radius 2 is 0.929 bits per heavy atom. The van der Waals surface area contributed by atoms with Crippen LogP contribution in [0.3, 0.4) is 0 Å². The molecule has 330 valence electrons. The van der Waals surface area contributed by atoms with Gasteiger partial charge in [0.1, 0.15) is 6.61 Å². The molecule has 0 rings (SSSR count). The third-order valence-electron chi connectivity index (χ3n) is 10.1. The zero-order chi connectivity index (χ0) is 41.1. The van der Waals surface area contributed by atoms with Gasteiger partial charge in [0, 0.05) is 19.4 Å². The molecular weight excluding hydrogens is 725 g/mol. The van der Waals surface area contributed by atoms with Crippen molar-refractivity contribution in [2.45, 2.75) is 232 Å². The second kappa shape index (κ2) is 43.1. The second-order valence-corrected chi connectivity index (χ2v) is 17.1. The van der Waals surface area contributed by atoms with Crippen molar-refractivity contribution in [2.24, 2.45) is 5.73 Å². The van der Waals surface area contributed by atoms with E-state index in [2.05, 4.69) is 38.2 Å². The quantitative estimate of drug-likeness (QED) is 0.0267. The molecule has 0 bridgehead atoms. The lowest BCUT2D eigenvalue weighted by Crippen LogP contribution is -2.29. The molecule has 9 nitrogen and oxygen atoms in total. The summed E-state index contributed by atoms with van der Waals surface area (Å²) in [6.45, 7) is 3.75. The summed E-state index contributed by atoms with van der Waals surface area (Å²) in [4.78, 5) is 34.9. The van der Waals surface area contributed by atoms with Crippen LogP contribution in [0.2, 0.25) is 0 Å². The zero-order valence-corrected chi connectivity index (χ0v) is 37.3. The highest BCUT2D eigenvalue weighted by molar-refractivity contribution is 7.47.